The summed E-state index contributed by atoms with van der Waals surface area (Å²) >= 11 is 0. The van der Waals surface area contributed by atoms with Gasteiger partial charge in [-0.05, 0) is 35.4 Å². The Labute approximate surface area is 117 Å². The van der Waals surface area contributed by atoms with Gasteiger partial charge < -0.3 is 9.47 Å². The quantitative estimate of drug-likeness (QED) is 0.783. The summed E-state index contributed by atoms with van der Waals surface area (Å²) in [7, 11) is 1.62. The molecule has 0 unspecified atom stereocenters. The lowest BCUT2D eigenvalue weighted by atomic mass is 10.0. The lowest BCUT2D eigenvalue weighted by Gasteiger charge is -2.07. The molecule has 102 valence electrons. The SMILES string of the molecule is COCCOc1ccc(-c2ccc(F)c(C#N)c2)cc1. The van der Waals surface area contributed by atoms with E-state index in [1.807, 2.05) is 30.3 Å². The Morgan fingerprint density at radius 2 is 1.75 bits per heavy atom. The van der Waals surface area contributed by atoms with Crippen molar-refractivity contribution >= 4 is 0 Å². The topological polar surface area (TPSA) is 42.2 Å². The first-order valence-corrected chi connectivity index (χ1v) is 6.16. The molecule has 0 N–H and O–H groups in total. The zero-order valence-corrected chi connectivity index (χ0v) is 11.1. The fraction of sp³-hybridized carbons (Fsp3) is 0.188. The van der Waals surface area contributed by atoms with Crippen molar-refractivity contribution in [1.29, 1.82) is 5.26 Å². The van der Waals surface area contributed by atoms with Crippen LogP contribution < -0.4 is 4.74 Å². The Hall–Kier alpha value is -2.38. The van der Waals surface area contributed by atoms with Gasteiger partial charge in [0.1, 0.15) is 24.2 Å². The third-order valence-corrected chi connectivity index (χ3v) is 2.83. The molecule has 2 aromatic carbocycles. The maximum Gasteiger partial charge on any atom is 0.140 e. The number of rotatable bonds is 5. The number of methoxy groups -OCH3 is 1. The second kappa shape index (κ2) is 6.69. The number of hydrogen-bond donors (Lipinski definition) is 0. The number of benzene rings is 2. The number of halogens is 1. The maximum atomic E-state index is 13.3. The van der Waals surface area contributed by atoms with Crippen molar-refractivity contribution in [3.63, 3.8) is 0 Å². The molecule has 0 aromatic heterocycles. The summed E-state index contributed by atoms with van der Waals surface area (Å²) in [5, 5.41) is 8.83. The van der Waals surface area contributed by atoms with Crippen LogP contribution in [0.15, 0.2) is 42.5 Å². The highest BCUT2D eigenvalue weighted by Gasteiger charge is 2.04. The standard InChI is InChI=1S/C16H14FNO2/c1-19-8-9-20-15-5-2-12(3-6-15)13-4-7-16(17)14(10-13)11-18/h2-7,10H,8-9H2,1H3. The molecule has 0 amide bonds. The number of nitrogens with zero attached hydrogens (tertiary/aromatic N) is 1. The molecule has 2 rings (SSSR count). The van der Waals surface area contributed by atoms with Gasteiger partial charge in [0.15, 0.2) is 0 Å². The number of nitriles is 1. The molecule has 0 fully saturated rings. The first-order valence-electron chi connectivity index (χ1n) is 6.16. The van der Waals surface area contributed by atoms with E-state index in [0.29, 0.717) is 13.2 Å². The molecule has 0 aliphatic rings. The molecular formula is C16H14FNO2. The summed E-state index contributed by atoms with van der Waals surface area (Å²) in [4.78, 5) is 0. The Morgan fingerprint density at radius 3 is 2.40 bits per heavy atom. The van der Waals surface area contributed by atoms with Crippen LogP contribution in [0, 0.1) is 17.1 Å². The Bertz CT molecular complexity index is 617. The second-order valence-electron chi connectivity index (χ2n) is 4.17. The van der Waals surface area contributed by atoms with Crippen molar-refractivity contribution in [3.05, 3.63) is 53.8 Å². The summed E-state index contributed by atoms with van der Waals surface area (Å²) < 4.78 is 23.6. The molecule has 0 spiro atoms. The van der Waals surface area contributed by atoms with Gasteiger partial charge in [-0.2, -0.15) is 5.26 Å². The molecule has 0 radical (unpaired) electrons. The molecule has 0 aliphatic heterocycles. The Kier molecular flexibility index (Phi) is 4.70. The van der Waals surface area contributed by atoms with Crippen molar-refractivity contribution in [1.82, 2.24) is 0 Å². The lowest BCUT2D eigenvalue weighted by molar-refractivity contribution is 0.146. The van der Waals surface area contributed by atoms with Crippen molar-refractivity contribution in [3.8, 4) is 22.9 Å². The van der Waals surface area contributed by atoms with E-state index in [9.17, 15) is 4.39 Å². The first kappa shape index (κ1) is 14.0. The predicted molar refractivity (Wildman–Crippen MR) is 73.9 cm³/mol. The third-order valence-electron chi connectivity index (χ3n) is 2.83. The van der Waals surface area contributed by atoms with E-state index in [-0.39, 0.29) is 5.56 Å². The molecule has 20 heavy (non-hydrogen) atoms. The number of hydrogen-bond acceptors (Lipinski definition) is 3. The molecule has 3 nitrogen and oxygen atoms in total. The van der Waals surface area contributed by atoms with Gasteiger partial charge in [0.05, 0.1) is 12.2 Å². The minimum Gasteiger partial charge on any atom is -0.491 e. The van der Waals surface area contributed by atoms with Crippen LogP contribution in [0.25, 0.3) is 11.1 Å². The molecule has 0 aliphatic carbocycles. The van der Waals surface area contributed by atoms with Gasteiger partial charge >= 0.3 is 0 Å². The van der Waals surface area contributed by atoms with E-state index in [2.05, 4.69) is 0 Å². The summed E-state index contributed by atoms with van der Waals surface area (Å²) in [6.45, 7) is 1.02. The lowest BCUT2D eigenvalue weighted by Crippen LogP contribution is -2.03. The maximum absolute atomic E-state index is 13.3. The minimum absolute atomic E-state index is 0.0444. The molecular weight excluding hydrogens is 257 g/mol. The largest absolute Gasteiger partial charge is 0.491 e. The van der Waals surface area contributed by atoms with E-state index in [1.54, 1.807) is 13.2 Å². The molecule has 0 bridgehead atoms. The summed E-state index contributed by atoms with van der Waals surface area (Å²) in [6.07, 6.45) is 0. The van der Waals surface area contributed by atoms with Crippen LogP contribution in [-0.2, 0) is 4.74 Å². The highest BCUT2D eigenvalue weighted by atomic mass is 19.1. The van der Waals surface area contributed by atoms with Gasteiger partial charge in [0.2, 0.25) is 0 Å². The smallest absolute Gasteiger partial charge is 0.140 e. The van der Waals surface area contributed by atoms with E-state index in [1.165, 1.54) is 12.1 Å². The highest BCUT2D eigenvalue weighted by Crippen LogP contribution is 2.24. The third kappa shape index (κ3) is 3.34. The molecule has 4 heteroatoms. The number of ether oxygens (including phenoxy) is 2. The van der Waals surface area contributed by atoms with Crippen LogP contribution in [0.4, 0.5) is 4.39 Å². The zero-order chi connectivity index (χ0) is 14.4. The van der Waals surface area contributed by atoms with Gasteiger partial charge in [-0.1, -0.05) is 18.2 Å². The van der Waals surface area contributed by atoms with E-state index >= 15 is 0 Å². The van der Waals surface area contributed by atoms with Crippen LogP contribution in [0.5, 0.6) is 5.75 Å². The molecule has 0 saturated carbocycles. The summed E-state index contributed by atoms with van der Waals surface area (Å²) in [5.74, 6) is 0.240. The van der Waals surface area contributed by atoms with Crippen LogP contribution in [0.3, 0.4) is 0 Å². The average Bonchev–Trinajstić information content (AvgIpc) is 2.49. The predicted octanol–water partition coefficient (Wildman–Crippen LogP) is 3.39. The summed E-state index contributed by atoms with van der Waals surface area (Å²) in [5.41, 5.74) is 1.75. The van der Waals surface area contributed by atoms with Crippen LogP contribution in [0.2, 0.25) is 0 Å². The monoisotopic (exact) mass is 271 g/mol. The molecule has 0 atom stereocenters. The zero-order valence-electron chi connectivity index (χ0n) is 11.1. The van der Waals surface area contributed by atoms with Crippen LogP contribution in [-0.4, -0.2) is 20.3 Å². The fourth-order valence-electron chi connectivity index (χ4n) is 1.78. The van der Waals surface area contributed by atoms with Crippen molar-refractivity contribution in [2.24, 2.45) is 0 Å². The van der Waals surface area contributed by atoms with Crippen molar-refractivity contribution in [2.45, 2.75) is 0 Å². The van der Waals surface area contributed by atoms with Gasteiger partial charge in [-0.3, -0.25) is 0 Å². The van der Waals surface area contributed by atoms with Gasteiger partial charge in [0.25, 0.3) is 0 Å². The molecule has 2 aromatic rings. The van der Waals surface area contributed by atoms with E-state index < -0.39 is 5.82 Å². The second-order valence-corrected chi connectivity index (χ2v) is 4.17. The molecule has 0 saturated heterocycles. The summed E-state index contributed by atoms with van der Waals surface area (Å²) in [6, 6.07) is 13.7. The normalized spacial score (nSPS) is 10.1. The van der Waals surface area contributed by atoms with Gasteiger partial charge in [-0.25, -0.2) is 4.39 Å². The minimum atomic E-state index is -0.504. The van der Waals surface area contributed by atoms with E-state index in [4.69, 9.17) is 14.7 Å². The van der Waals surface area contributed by atoms with Gasteiger partial charge in [0, 0.05) is 7.11 Å². The fourth-order valence-corrected chi connectivity index (χ4v) is 1.78. The molecule has 0 heterocycles. The average molecular weight is 271 g/mol. The van der Waals surface area contributed by atoms with Crippen LogP contribution >= 0.6 is 0 Å². The van der Waals surface area contributed by atoms with E-state index in [0.717, 1.165) is 16.9 Å². The van der Waals surface area contributed by atoms with Crippen molar-refractivity contribution in [2.75, 3.05) is 20.3 Å². The highest BCUT2D eigenvalue weighted by molar-refractivity contribution is 5.66. The first-order chi connectivity index (χ1) is 9.74. The van der Waals surface area contributed by atoms with Gasteiger partial charge in [-0.15, -0.1) is 0 Å². The Balaban J connectivity index is 2.16. The van der Waals surface area contributed by atoms with Crippen molar-refractivity contribution < 1.29 is 13.9 Å². The Morgan fingerprint density at radius 1 is 1.05 bits per heavy atom. The van der Waals surface area contributed by atoms with Crippen LogP contribution in [0.1, 0.15) is 5.56 Å².